The molecule has 0 atom stereocenters. The molecule has 0 aliphatic heterocycles. The number of hydrogen-bond donors (Lipinski definition) is 3. The average Bonchev–Trinajstić information content (AvgIpc) is 3.77. The molecule has 0 saturated heterocycles. The summed E-state index contributed by atoms with van der Waals surface area (Å²) in [7, 11) is 1.49. The van der Waals surface area contributed by atoms with Crippen LogP contribution in [-0.4, -0.2) is 48.9 Å². The van der Waals surface area contributed by atoms with Crippen LogP contribution in [-0.2, 0) is 11.3 Å². The number of methoxy groups -OCH3 is 1. The number of primary amides is 1. The number of anilines is 3. The molecule has 2 fully saturated rings. The Morgan fingerprint density at radius 1 is 1.23 bits per heavy atom. The quantitative estimate of drug-likeness (QED) is 0.414. The molecule has 2 saturated carbocycles. The molecule has 2 amide bonds. The monoisotopic (exact) mass is 473 g/mol. The van der Waals surface area contributed by atoms with Crippen molar-refractivity contribution in [2.75, 3.05) is 17.7 Å². The molecular weight excluding hydrogens is 450 g/mol. The van der Waals surface area contributed by atoms with Gasteiger partial charge in [-0.2, -0.15) is 0 Å². The van der Waals surface area contributed by atoms with Gasteiger partial charge in [0.15, 0.2) is 28.9 Å². The third-order valence-electron chi connectivity index (χ3n) is 5.49. The predicted molar refractivity (Wildman–Crippen MR) is 125 cm³/mol. The van der Waals surface area contributed by atoms with Crippen LogP contribution < -0.4 is 21.1 Å². The number of carbonyl (C=O) groups excluding carboxylic acids is 2. The number of amides is 2. The first-order valence-electron chi connectivity index (χ1n) is 11.2. The van der Waals surface area contributed by atoms with Crippen LogP contribution >= 0.6 is 0 Å². The highest BCUT2D eigenvalue weighted by molar-refractivity contribution is 5.99. The fourth-order valence-electron chi connectivity index (χ4n) is 3.34. The zero-order chi connectivity index (χ0) is 24.4. The molecule has 3 aromatic rings. The number of nitrogens with one attached hydrogen (secondary N) is 2. The molecular formula is C23H23N9O3. The van der Waals surface area contributed by atoms with Gasteiger partial charge in [-0.25, -0.2) is 14.6 Å². The highest BCUT2D eigenvalue weighted by Gasteiger charge is 2.30. The summed E-state index contributed by atoms with van der Waals surface area (Å²) in [5.41, 5.74) is 6.17. The van der Waals surface area contributed by atoms with E-state index < -0.39 is 5.91 Å². The van der Waals surface area contributed by atoms with Gasteiger partial charge >= 0.3 is 0 Å². The lowest BCUT2D eigenvalue weighted by Gasteiger charge is -2.14. The van der Waals surface area contributed by atoms with E-state index in [1.165, 1.54) is 26.0 Å². The topological polar surface area (TPSA) is 163 Å². The standard InChI is InChI=1S/C23H23N9O3/c1-35-19-15(21-26-12-32(31-21)10-2-3-13-4-5-13)8-9-25-22(19)27-16-11-17(28-23(34)14-6-7-14)29-30-18(16)20(24)33/h8-9,11-14H,4-7,10H2,1H3,(H2,24,33)(H2,25,27,28,29,34). The average molecular weight is 473 g/mol. The fourth-order valence-corrected chi connectivity index (χ4v) is 3.34. The number of aromatic nitrogens is 6. The minimum Gasteiger partial charge on any atom is -0.492 e. The Hall–Kier alpha value is -4.53. The number of pyridine rings is 1. The predicted octanol–water partition coefficient (Wildman–Crippen LogP) is 1.74. The number of ether oxygens (including phenoxy) is 1. The summed E-state index contributed by atoms with van der Waals surface area (Å²) in [6.45, 7) is 0.446. The maximum Gasteiger partial charge on any atom is 0.271 e. The lowest BCUT2D eigenvalue weighted by molar-refractivity contribution is -0.117. The number of nitrogens with zero attached hydrogens (tertiary/aromatic N) is 6. The smallest absolute Gasteiger partial charge is 0.271 e. The molecule has 178 valence electrons. The lowest BCUT2D eigenvalue weighted by atomic mass is 10.2. The Morgan fingerprint density at radius 3 is 2.77 bits per heavy atom. The Labute approximate surface area is 200 Å². The van der Waals surface area contributed by atoms with Gasteiger partial charge in [-0.05, 0) is 31.7 Å². The van der Waals surface area contributed by atoms with E-state index in [-0.39, 0.29) is 34.8 Å². The van der Waals surface area contributed by atoms with Crippen molar-refractivity contribution in [3.8, 4) is 29.0 Å². The summed E-state index contributed by atoms with van der Waals surface area (Å²) in [4.78, 5) is 32.8. The van der Waals surface area contributed by atoms with Gasteiger partial charge in [0.25, 0.3) is 5.91 Å². The molecule has 12 nitrogen and oxygen atoms in total. The van der Waals surface area contributed by atoms with E-state index in [2.05, 4.69) is 47.7 Å². The van der Waals surface area contributed by atoms with Crippen LogP contribution in [0.1, 0.15) is 36.2 Å². The number of carbonyl (C=O) groups is 2. The van der Waals surface area contributed by atoms with E-state index >= 15 is 0 Å². The van der Waals surface area contributed by atoms with Crippen LogP contribution in [0.25, 0.3) is 11.4 Å². The minimum atomic E-state index is -0.789. The third-order valence-corrected chi connectivity index (χ3v) is 5.49. The Kier molecular flexibility index (Phi) is 5.97. The minimum absolute atomic E-state index is 0.0190. The lowest BCUT2D eigenvalue weighted by Crippen LogP contribution is -2.19. The van der Waals surface area contributed by atoms with Crippen LogP contribution in [0, 0.1) is 23.7 Å². The SMILES string of the molecule is COc1c(-c2ncn(CC#CC3CC3)n2)ccnc1Nc1cc(NC(=O)C2CC2)nnc1C(N)=O. The van der Waals surface area contributed by atoms with Crippen molar-refractivity contribution in [1.82, 2.24) is 29.9 Å². The van der Waals surface area contributed by atoms with E-state index in [0.717, 1.165) is 12.8 Å². The van der Waals surface area contributed by atoms with E-state index in [0.29, 0.717) is 29.6 Å². The summed E-state index contributed by atoms with van der Waals surface area (Å²) in [6, 6.07) is 3.20. The molecule has 3 aromatic heterocycles. The van der Waals surface area contributed by atoms with Crippen LogP contribution in [0.5, 0.6) is 5.75 Å². The van der Waals surface area contributed by atoms with Crippen molar-refractivity contribution in [3.63, 3.8) is 0 Å². The molecule has 0 unspecified atom stereocenters. The van der Waals surface area contributed by atoms with Crippen LogP contribution in [0.15, 0.2) is 24.7 Å². The van der Waals surface area contributed by atoms with Crippen molar-refractivity contribution in [2.45, 2.75) is 32.2 Å². The second-order valence-electron chi connectivity index (χ2n) is 8.35. The highest BCUT2D eigenvalue weighted by Crippen LogP contribution is 2.35. The van der Waals surface area contributed by atoms with Crippen LogP contribution in [0.3, 0.4) is 0 Å². The van der Waals surface area contributed by atoms with Gasteiger partial charge in [-0.1, -0.05) is 11.8 Å². The van der Waals surface area contributed by atoms with Gasteiger partial charge in [0.2, 0.25) is 5.91 Å². The fraction of sp³-hybridized carbons (Fsp3) is 0.348. The summed E-state index contributed by atoms with van der Waals surface area (Å²) < 4.78 is 7.26. The van der Waals surface area contributed by atoms with E-state index in [4.69, 9.17) is 10.5 Å². The van der Waals surface area contributed by atoms with Crippen LogP contribution in [0.4, 0.5) is 17.3 Å². The van der Waals surface area contributed by atoms with Gasteiger partial charge < -0.3 is 21.1 Å². The molecule has 3 heterocycles. The summed E-state index contributed by atoms with van der Waals surface area (Å²) in [5.74, 6) is 7.14. The van der Waals surface area contributed by atoms with Crippen LogP contribution in [0.2, 0.25) is 0 Å². The molecule has 4 N–H and O–H groups in total. The zero-order valence-corrected chi connectivity index (χ0v) is 19.0. The first kappa shape index (κ1) is 22.3. The van der Waals surface area contributed by atoms with Crippen molar-refractivity contribution < 1.29 is 14.3 Å². The molecule has 0 bridgehead atoms. The maximum atomic E-state index is 12.1. The van der Waals surface area contributed by atoms with Gasteiger partial charge in [-0.3, -0.25) is 9.59 Å². The molecule has 5 rings (SSSR count). The molecule has 2 aliphatic carbocycles. The largest absolute Gasteiger partial charge is 0.492 e. The normalized spacial score (nSPS) is 14.5. The van der Waals surface area contributed by atoms with Crippen molar-refractivity contribution in [2.24, 2.45) is 17.6 Å². The van der Waals surface area contributed by atoms with Crippen molar-refractivity contribution >= 4 is 29.1 Å². The van der Waals surface area contributed by atoms with Crippen molar-refractivity contribution in [1.29, 1.82) is 0 Å². The Balaban J connectivity index is 1.42. The number of hydrogen-bond acceptors (Lipinski definition) is 9. The molecule has 12 heteroatoms. The van der Waals surface area contributed by atoms with E-state index in [9.17, 15) is 9.59 Å². The zero-order valence-electron chi connectivity index (χ0n) is 19.0. The van der Waals surface area contributed by atoms with Gasteiger partial charge in [-0.15, -0.1) is 15.3 Å². The summed E-state index contributed by atoms with van der Waals surface area (Å²) >= 11 is 0. The maximum absolute atomic E-state index is 12.1. The Morgan fingerprint density at radius 2 is 2.06 bits per heavy atom. The summed E-state index contributed by atoms with van der Waals surface area (Å²) in [6.07, 6.45) is 7.18. The highest BCUT2D eigenvalue weighted by atomic mass is 16.5. The Bertz CT molecular complexity index is 1350. The summed E-state index contributed by atoms with van der Waals surface area (Å²) in [5, 5.41) is 18.0. The molecule has 0 spiro atoms. The molecule has 2 aliphatic rings. The number of rotatable bonds is 8. The second kappa shape index (κ2) is 9.38. The molecule has 0 radical (unpaired) electrons. The van der Waals surface area contributed by atoms with E-state index in [1.54, 1.807) is 23.3 Å². The number of nitrogens with two attached hydrogens (primary N) is 1. The molecule has 0 aromatic carbocycles. The first-order valence-corrected chi connectivity index (χ1v) is 11.2. The van der Waals surface area contributed by atoms with Crippen molar-refractivity contribution in [3.05, 3.63) is 30.4 Å². The van der Waals surface area contributed by atoms with Gasteiger partial charge in [0.1, 0.15) is 12.9 Å². The second-order valence-corrected chi connectivity index (χ2v) is 8.35. The van der Waals surface area contributed by atoms with Gasteiger partial charge in [0, 0.05) is 24.1 Å². The van der Waals surface area contributed by atoms with E-state index in [1.807, 2.05) is 0 Å². The first-order chi connectivity index (χ1) is 17.0. The third kappa shape index (κ3) is 5.19. The van der Waals surface area contributed by atoms with Gasteiger partial charge in [0.05, 0.1) is 18.4 Å². The molecule has 35 heavy (non-hydrogen) atoms.